The minimum Gasteiger partial charge on any atom is -0.250 e. The van der Waals surface area contributed by atoms with E-state index in [0.717, 1.165) is 0 Å². The predicted molar refractivity (Wildman–Crippen MR) is 15.2 cm³/mol. The normalized spacial score (nSPS) is 8.40. The van der Waals surface area contributed by atoms with Crippen LogP contribution in [0.5, 0.6) is 0 Å². The van der Waals surface area contributed by atoms with Crippen molar-refractivity contribution in [3.8, 4) is 0 Å². The van der Waals surface area contributed by atoms with Gasteiger partial charge in [-0.2, -0.15) is 0 Å². The summed E-state index contributed by atoms with van der Waals surface area (Å²) in [5.41, 5.74) is 0. The Morgan fingerprint density at radius 3 is 1.60 bits per heavy atom. The Balaban J connectivity index is 2.19. The molecule has 0 rings (SSSR count). The summed E-state index contributed by atoms with van der Waals surface area (Å²) in [6.07, 6.45) is 1.78. The monoisotopic (exact) mass is 78.0 g/mol. The standard InChI is InChI=1S/C3H4F2/c4-2-1-3-5/h2-3H2. The van der Waals surface area contributed by atoms with Gasteiger partial charge in [-0.1, -0.05) is 0 Å². The van der Waals surface area contributed by atoms with Crippen LogP contribution in [0, 0.1) is 6.42 Å². The molecule has 5 heavy (non-hydrogen) atoms. The SMILES string of the molecule is FC[C]CF. The third-order valence-electron chi connectivity index (χ3n) is 0.189. The minimum absolute atomic E-state index is 0.781. The summed E-state index contributed by atoms with van der Waals surface area (Å²) in [7, 11) is 0. The summed E-state index contributed by atoms with van der Waals surface area (Å²) in [6.45, 7) is -1.56. The maximum atomic E-state index is 10.6. The smallest absolute Gasteiger partial charge is 0.0990 e. The molecule has 0 N–H and O–H groups in total. The average molecular weight is 78.1 g/mol. The van der Waals surface area contributed by atoms with Crippen molar-refractivity contribution >= 4 is 0 Å². The van der Waals surface area contributed by atoms with Crippen LogP contribution in [0.2, 0.25) is 0 Å². The topological polar surface area (TPSA) is 0 Å². The molecule has 0 saturated carbocycles. The van der Waals surface area contributed by atoms with Crippen LogP contribution in [0.1, 0.15) is 0 Å². The van der Waals surface area contributed by atoms with Gasteiger partial charge in [0.15, 0.2) is 0 Å². The first-order chi connectivity index (χ1) is 2.41. The van der Waals surface area contributed by atoms with Crippen molar-refractivity contribution in [2.75, 3.05) is 13.3 Å². The molecule has 0 aromatic carbocycles. The van der Waals surface area contributed by atoms with E-state index < -0.39 is 13.3 Å². The van der Waals surface area contributed by atoms with Crippen molar-refractivity contribution in [2.45, 2.75) is 0 Å². The molecule has 0 aliphatic heterocycles. The van der Waals surface area contributed by atoms with E-state index in [1.807, 2.05) is 0 Å². The first-order valence-corrected chi connectivity index (χ1v) is 1.24. The second kappa shape index (κ2) is 3.86. The molecule has 0 saturated heterocycles. The van der Waals surface area contributed by atoms with Crippen LogP contribution in [-0.4, -0.2) is 13.3 Å². The Hall–Kier alpha value is -0.140. The number of alkyl halides is 2. The van der Waals surface area contributed by atoms with E-state index in [9.17, 15) is 8.78 Å². The molecule has 0 aromatic rings. The first kappa shape index (κ1) is 4.86. The number of halogens is 2. The summed E-state index contributed by atoms with van der Waals surface area (Å²) in [5.74, 6) is 0. The molecular formula is C3H4F2. The molecule has 0 atom stereocenters. The summed E-state index contributed by atoms with van der Waals surface area (Å²) in [4.78, 5) is 0. The van der Waals surface area contributed by atoms with Crippen LogP contribution in [-0.2, 0) is 0 Å². The van der Waals surface area contributed by atoms with Crippen molar-refractivity contribution in [1.82, 2.24) is 0 Å². The first-order valence-electron chi connectivity index (χ1n) is 1.24. The third-order valence-corrected chi connectivity index (χ3v) is 0.189. The zero-order chi connectivity index (χ0) is 4.12. The summed E-state index contributed by atoms with van der Waals surface area (Å²) in [5, 5.41) is 0. The van der Waals surface area contributed by atoms with Crippen LogP contribution in [0.25, 0.3) is 0 Å². The molecule has 0 aliphatic rings. The largest absolute Gasteiger partial charge is 0.250 e. The highest BCUT2D eigenvalue weighted by atomic mass is 19.1. The van der Waals surface area contributed by atoms with Crippen LogP contribution in [0.3, 0.4) is 0 Å². The fraction of sp³-hybridized carbons (Fsp3) is 0.667. The van der Waals surface area contributed by atoms with Crippen molar-refractivity contribution < 1.29 is 8.78 Å². The van der Waals surface area contributed by atoms with Gasteiger partial charge in [-0.15, -0.1) is 0 Å². The zero-order valence-corrected chi connectivity index (χ0v) is 2.67. The van der Waals surface area contributed by atoms with E-state index in [1.54, 1.807) is 6.42 Å². The lowest BCUT2D eigenvalue weighted by Gasteiger charge is -1.72. The Kier molecular flexibility index (Phi) is 3.75. The Bertz CT molecular complexity index is 12.4. The molecule has 0 nitrogen and oxygen atoms in total. The predicted octanol–water partition coefficient (Wildman–Crippen LogP) is 1.01. The number of hydrogen-bond acceptors (Lipinski definition) is 0. The lowest BCUT2D eigenvalue weighted by Crippen LogP contribution is -1.75. The van der Waals surface area contributed by atoms with Crippen LogP contribution >= 0.6 is 0 Å². The Labute approximate surface area is 29.8 Å². The van der Waals surface area contributed by atoms with Crippen molar-refractivity contribution in [3.05, 3.63) is 6.42 Å². The van der Waals surface area contributed by atoms with Gasteiger partial charge in [0.1, 0.15) is 0 Å². The Morgan fingerprint density at radius 1 is 1.20 bits per heavy atom. The van der Waals surface area contributed by atoms with E-state index in [1.165, 1.54) is 0 Å². The van der Waals surface area contributed by atoms with E-state index in [4.69, 9.17) is 0 Å². The van der Waals surface area contributed by atoms with Crippen LogP contribution in [0.4, 0.5) is 8.78 Å². The molecule has 0 spiro atoms. The van der Waals surface area contributed by atoms with Gasteiger partial charge < -0.3 is 0 Å². The molecule has 2 radical (unpaired) electrons. The molecular weight excluding hydrogens is 74.0 g/mol. The molecule has 0 fully saturated rings. The van der Waals surface area contributed by atoms with Gasteiger partial charge in [-0.3, -0.25) is 8.78 Å². The zero-order valence-electron chi connectivity index (χ0n) is 2.67. The summed E-state index contributed by atoms with van der Waals surface area (Å²) < 4.78 is 21.3. The Morgan fingerprint density at radius 2 is 1.60 bits per heavy atom. The van der Waals surface area contributed by atoms with Gasteiger partial charge in [0.2, 0.25) is 0 Å². The lowest BCUT2D eigenvalue weighted by molar-refractivity contribution is 0.469. The van der Waals surface area contributed by atoms with Gasteiger partial charge >= 0.3 is 0 Å². The second-order valence-corrected chi connectivity index (χ2v) is 0.517. The molecule has 30 valence electrons. The molecule has 0 amide bonds. The van der Waals surface area contributed by atoms with Crippen LogP contribution in [0.15, 0.2) is 0 Å². The average Bonchev–Trinajstić information content (AvgIpc) is 1.41. The van der Waals surface area contributed by atoms with E-state index in [0.29, 0.717) is 0 Å². The van der Waals surface area contributed by atoms with Gasteiger partial charge in [0.25, 0.3) is 0 Å². The van der Waals surface area contributed by atoms with Crippen molar-refractivity contribution in [2.24, 2.45) is 0 Å². The number of hydrogen-bond donors (Lipinski definition) is 0. The molecule has 0 aromatic heterocycles. The van der Waals surface area contributed by atoms with Gasteiger partial charge in [0, 0.05) is 6.42 Å². The molecule has 0 unspecified atom stereocenters. The maximum Gasteiger partial charge on any atom is 0.0990 e. The van der Waals surface area contributed by atoms with Crippen molar-refractivity contribution in [3.63, 3.8) is 0 Å². The fourth-order valence-corrected chi connectivity index (χ4v) is 0.0357. The molecule has 0 bridgehead atoms. The third kappa shape index (κ3) is 3.86. The minimum atomic E-state index is -0.781. The van der Waals surface area contributed by atoms with Crippen LogP contribution < -0.4 is 0 Å². The highest BCUT2D eigenvalue weighted by molar-refractivity contribution is 4.56. The molecule has 2 heteroatoms. The van der Waals surface area contributed by atoms with Gasteiger partial charge in [0.05, 0.1) is 13.3 Å². The van der Waals surface area contributed by atoms with E-state index >= 15 is 0 Å². The van der Waals surface area contributed by atoms with E-state index in [-0.39, 0.29) is 0 Å². The van der Waals surface area contributed by atoms with Gasteiger partial charge in [-0.25, -0.2) is 0 Å². The maximum absolute atomic E-state index is 10.6. The highest BCUT2D eigenvalue weighted by Crippen LogP contribution is 1.75. The van der Waals surface area contributed by atoms with E-state index in [2.05, 4.69) is 0 Å². The van der Waals surface area contributed by atoms with Gasteiger partial charge in [-0.05, 0) is 0 Å². The second-order valence-electron chi connectivity index (χ2n) is 0.517. The lowest BCUT2D eigenvalue weighted by atomic mass is 10.5. The van der Waals surface area contributed by atoms with Crippen molar-refractivity contribution in [1.29, 1.82) is 0 Å². The summed E-state index contributed by atoms with van der Waals surface area (Å²) in [6, 6.07) is 0. The highest BCUT2D eigenvalue weighted by Gasteiger charge is 1.76. The fourth-order valence-electron chi connectivity index (χ4n) is 0.0357. The molecule has 0 aliphatic carbocycles. The quantitative estimate of drug-likeness (QED) is 0.462. The molecule has 0 heterocycles. The summed E-state index contributed by atoms with van der Waals surface area (Å²) >= 11 is 0. The number of rotatable bonds is 2.